The number of hydrogen-bond donors (Lipinski definition) is 2. The molecule has 2 N–H and O–H groups in total. The molecule has 0 aromatic rings. The van der Waals surface area contributed by atoms with Gasteiger partial charge in [-0.15, -0.1) is 0 Å². The maximum Gasteiger partial charge on any atom is 0.338 e. The van der Waals surface area contributed by atoms with Crippen LogP contribution >= 0.6 is 0 Å². The van der Waals surface area contributed by atoms with Gasteiger partial charge in [0.2, 0.25) is 11.9 Å². The molecule has 6 heteroatoms. The second-order valence-corrected chi connectivity index (χ2v) is 2.24. The predicted octanol–water partition coefficient (Wildman–Crippen LogP) is -2.23. The number of ether oxygens (including phenoxy) is 1. The fourth-order valence-electron chi connectivity index (χ4n) is 0.831. The number of piperazine rings is 1. The van der Waals surface area contributed by atoms with Crippen LogP contribution < -0.4 is 10.6 Å². The zero-order valence-electron chi connectivity index (χ0n) is 6.42. The minimum atomic E-state index is -1.20. The van der Waals surface area contributed by atoms with Gasteiger partial charge in [-0.3, -0.25) is 9.59 Å². The summed E-state index contributed by atoms with van der Waals surface area (Å²) in [6.07, 6.45) is 0. The van der Waals surface area contributed by atoms with E-state index in [1.54, 1.807) is 0 Å². The second-order valence-electron chi connectivity index (χ2n) is 2.24. The van der Waals surface area contributed by atoms with E-state index in [9.17, 15) is 14.4 Å². The molecule has 0 saturated carbocycles. The highest BCUT2D eigenvalue weighted by atomic mass is 16.5. The summed E-state index contributed by atoms with van der Waals surface area (Å²) < 4.78 is 4.29. The van der Waals surface area contributed by atoms with Crippen molar-refractivity contribution in [2.24, 2.45) is 0 Å². The Morgan fingerprint density at radius 2 is 2.25 bits per heavy atom. The molecule has 1 heterocycles. The van der Waals surface area contributed by atoms with E-state index in [0.717, 1.165) is 7.11 Å². The normalized spacial score (nSPS) is 22.6. The molecular weight excluding hydrogens is 164 g/mol. The summed E-state index contributed by atoms with van der Waals surface area (Å²) in [5.41, 5.74) is 0. The maximum absolute atomic E-state index is 10.9. The molecule has 0 aromatic heterocycles. The highest BCUT2D eigenvalue weighted by Crippen LogP contribution is 1.92. The standard InChI is InChI=1S/C6H8N2O4/c1-12-6(11)4-5(10)7-2-3(9)8-4/h4H,2H2,1H3,(H,7,10)(H,8,9). The van der Waals surface area contributed by atoms with Gasteiger partial charge in [0.1, 0.15) is 0 Å². The first-order valence-electron chi connectivity index (χ1n) is 3.30. The second kappa shape index (κ2) is 3.21. The summed E-state index contributed by atoms with van der Waals surface area (Å²) in [5, 5.41) is 4.44. The molecule has 1 aliphatic heterocycles. The third kappa shape index (κ3) is 1.52. The minimum absolute atomic E-state index is 0.0909. The Kier molecular flexibility index (Phi) is 2.27. The van der Waals surface area contributed by atoms with Crippen molar-refractivity contribution in [1.29, 1.82) is 0 Å². The summed E-state index contributed by atoms with van der Waals surface area (Å²) >= 11 is 0. The zero-order valence-corrected chi connectivity index (χ0v) is 6.42. The number of carbonyl (C=O) groups is 3. The van der Waals surface area contributed by atoms with Crippen LogP contribution in [0.25, 0.3) is 0 Å². The van der Waals surface area contributed by atoms with Crippen molar-refractivity contribution in [3.63, 3.8) is 0 Å². The summed E-state index contributed by atoms with van der Waals surface area (Å²) in [5.74, 6) is -1.70. The van der Waals surface area contributed by atoms with E-state index in [-0.39, 0.29) is 6.54 Å². The number of nitrogens with one attached hydrogen (secondary N) is 2. The van der Waals surface area contributed by atoms with Gasteiger partial charge >= 0.3 is 5.97 Å². The van der Waals surface area contributed by atoms with Gasteiger partial charge in [0.25, 0.3) is 5.91 Å². The Morgan fingerprint density at radius 3 is 2.83 bits per heavy atom. The van der Waals surface area contributed by atoms with Gasteiger partial charge in [-0.2, -0.15) is 0 Å². The molecular formula is C6H8N2O4. The zero-order chi connectivity index (χ0) is 9.14. The number of esters is 1. The Balaban J connectivity index is 2.67. The summed E-state index contributed by atoms with van der Waals surface area (Å²) in [7, 11) is 1.15. The van der Waals surface area contributed by atoms with Crippen LogP contribution in [0.4, 0.5) is 0 Å². The molecule has 66 valence electrons. The van der Waals surface area contributed by atoms with Gasteiger partial charge in [0, 0.05) is 0 Å². The van der Waals surface area contributed by atoms with Crippen LogP contribution in [0.2, 0.25) is 0 Å². The lowest BCUT2D eigenvalue weighted by molar-refractivity contribution is -0.151. The molecule has 0 aromatic carbocycles. The Morgan fingerprint density at radius 1 is 1.58 bits per heavy atom. The van der Waals surface area contributed by atoms with Crippen molar-refractivity contribution < 1.29 is 19.1 Å². The van der Waals surface area contributed by atoms with E-state index in [2.05, 4.69) is 15.4 Å². The molecule has 1 rings (SSSR count). The first-order chi connectivity index (χ1) is 5.65. The van der Waals surface area contributed by atoms with E-state index in [1.165, 1.54) is 0 Å². The van der Waals surface area contributed by atoms with Crippen molar-refractivity contribution in [3.8, 4) is 0 Å². The van der Waals surface area contributed by atoms with Crippen LogP contribution in [0.15, 0.2) is 0 Å². The Bertz CT molecular complexity index is 230. The summed E-state index contributed by atoms with van der Waals surface area (Å²) in [6, 6.07) is -1.20. The van der Waals surface area contributed by atoms with E-state index in [0.29, 0.717) is 0 Å². The molecule has 1 saturated heterocycles. The van der Waals surface area contributed by atoms with Gasteiger partial charge in [0.05, 0.1) is 13.7 Å². The van der Waals surface area contributed by atoms with E-state index in [4.69, 9.17) is 0 Å². The van der Waals surface area contributed by atoms with Crippen molar-refractivity contribution in [2.75, 3.05) is 13.7 Å². The van der Waals surface area contributed by atoms with Gasteiger partial charge in [-0.1, -0.05) is 0 Å². The lowest BCUT2D eigenvalue weighted by atomic mass is 10.2. The number of rotatable bonds is 1. The average molecular weight is 172 g/mol. The quantitative estimate of drug-likeness (QED) is 0.346. The molecule has 0 spiro atoms. The van der Waals surface area contributed by atoms with Crippen molar-refractivity contribution in [3.05, 3.63) is 0 Å². The first-order valence-corrected chi connectivity index (χ1v) is 3.30. The number of amides is 2. The molecule has 2 amide bonds. The maximum atomic E-state index is 10.9. The van der Waals surface area contributed by atoms with E-state index < -0.39 is 23.8 Å². The lowest BCUT2D eigenvalue weighted by Crippen LogP contribution is -2.59. The largest absolute Gasteiger partial charge is 0.467 e. The van der Waals surface area contributed by atoms with E-state index >= 15 is 0 Å². The molecule has 1 atom stereocenters. The fourth-order valence-corrected chi connectivity index (χ4v) is 0.831. The van der Waals surface area contributed by atoms with Crippen LogP contribution in [-0.2, 0) is 19.1 Å². The van der Waals surface area contributed by atoms with Crippen LogP contribution in [0.1, 0.15) is 0 Å². The fraction of sp³-hybridized carbons (Fsp3) is 0.500. The monoisotopic (exact) mass is 172 g/mol. The van der Waals surface area contributed by atoms with Gasteiger partial charge in [-0.25, -0.2) is 4.79 Å². The molecule has 1 aliphatic rings. The highest BCUT2D eigenvalue weighted by Gasteiger charge is 2.32. The average Bonchev–Trinajstić information content (AvgIpc) is 2.08. The minimum Gasteiger partial charge on any atom is -0.467 e. The number of methoxy groups -OCH3 is 1. The number of carbonyl (C=O) groups excluding carboxylic acids is 3. The number of hydrogen-bond acceptors (Lipinski definition) is 4. The van der Waals surface area contributed by atoms with Crippen LogP contribution in [-0.4, -0.2) is 37.5 Å². The molecule has 0 aliphatic carbocycles. The van der Waals surface area contributed by atoms with Gasteiger partial charge in [0.15, 0.2) is 0 Å². The van der Waals surface area contributed by atoms with Gasteiger partial charge < -0.3 is 15.4 Å². The smallest absolute Gasteiger partial charge is 0.338 e. The predicted molar refractivity (Wildman–Crippen MR) is 37.0 cm³/mol. The summed E-state index contributed by atoms with van der Waals surface area (Å²) in [6.45, 7) is -0.0909. The third-order valence-corrected chi connectivity index (χ3v) is 1.43. The molecule has 0 bridgehead atoms. The van der Waals surface area contributed by atoms with Crippen molar-refractivity contribution >= 4 is 17.8 Å². The van der Waals surface area contributed by atoms with Crippen LogP contribution in [0, 0.1) is 0 Å². The van der Waals surface area contributed by atoms with E-state index in [1.807, 2.05) is 0 Å². The Labute approximate surface area is 68.3 Å². The molecule has 6 nitrogen and oxygen atoms in total. The topological polar surface area (TPSA) is 84.5 Å². The molecule has 1 unspecified atom stereocenters. The molecule has 0 radical (unpaired) electrons. The van der Waals surface area contributed by atoms with Crippen LogP contribution in [0.3, 0.4) is 0 Å². The lowest BCUT2D eigenvalue weighted by Gasteiger charge is -2.20. The van der Waals surface area contributed by atoms with Crippen LogP contribution in [0.5, 0.6) is 0 Å². The van der Waals surface area contributed by atoms with Crippen molar-refractivity contribution in [1.82, 2.24) is 10.6 Å². The van der Waals surface area contributed by atoms with Gasteiger partial charge in [-0.05, 0) is 0 Å². The first kappa shape index (κ1) is 8.51. The summed E-state index contributed by atoms with van der Waals surface area (Å²) in [4.78, 5) is 32.4. The highest BCUT2D eigenvalue weighted by molar-refractivity contribution is 6.08. The van der Waals surface area contributed by atoms with Crippen molar-refractivity contribution in [2.45, 2.75) is 6.04 Å². The SMILES string of the molecule is COC(=O)C1NC(=O)CNC1=O. The molecule has 12 heavy (non-hydrogen) atoms. The third-order valence-electron chi connectivity index (χ3n) is 1.43. The Hall–Kier alpha value is -1.59. The molecule has 1 fully saturated rings.